The first kappa shape index (κ1) is 11.5. The highest BCUT2D eigenvalue weighted by Crippen LogP contribution is 2.32. The van der Waals surface area contributed by atoms with Gasteiger partial charge in [-0.3, -0.25) is 0 Å². The smallest absolute Gasteiger partial charge is 0.181 e. The van der Waals surface area contributed by atoms with Crippen LogP contribution in [0.4, 0.5) is 5.69 Å². The van der Waals surface area contributed by atoms with E-state index in [1.165, 1.54) is 6.39 Å². The molecular weight excluding hydrogens is 216 g/mol. The van der Waals surface area contributed by atoms with E-state index in [1.54, 1.807) is 13.3 Å². The van der Waals surface area contributed by atoms with E-state index in [4.69, 9.17) is 9.15 Å². The number of benzene rings is 1. The van der Waals surface area contributed by atoms with Crippen molar-refractivity contribution in [3.8, 4) is 17.1 Å². The lowest BCUT2D eigenvalue weighted by atomic mass is 10.1. The van der Waals surface area contributed by atoms with E-state index < -0.39 is 0 Å². The molecule has 17 heavy (non-hydrogen) atoms. The third-order valence-electron chi connectivity index (χ3n) is 2.48. The van der Waals surface area contributed by atoms with Crippen molar-refractivity contribution < 1.29 is 9.15 Å². The van der Waals surface area contributed by atoms with Crippen LogP contribution < -0.4 is 10.1 Å². The van der Waals surface area contributed by atoms with Gasteiger partial charge in [0.2, 0.25) is 0 Å². The SMILES string of the molecule is CCCNc1ccc(-c2cnco2)c(OC)c1. The highest BCUT2D eigenvalue weighted by molar-refractivity contribution is 5.69. The Morgan fingerprint density at radius 2 is 2.29 bits per heavy atom. The quantitative estimate of drug-likeness (QED) is 0.860. The molecule has 1 heterocycles. The molecule has 0 spiro atoms. The molecule has 90 valence electrons. The Kier molecular flexibility index (Phi) is 3.65. The number of rotatable bonds is 5. The van der Waals surface area contributed by atoms with Gasteiger partial charge in [-0.05, 0) is 18.6 Å². The molecule has 0 saturated carbocycles. The third-order valence-corrected chi connectivity index (χ3v) is 2.48. The molecule has 0 atom stereocenters. The highest BCUT2D eigenvalue weighted by Gasteiger charge is 2.09. The average molecular weight is 232 g/mol. The summed E-state index contributed by atoms with van der Waals surface area (Å²) in [6, 6.07) is 5.95. The molecule has 0 radical (unpaired) electrons. The van der Waals surface area contributed by atoms with Crippen LogP contribution >= 0.6 is 0 Å². The van der Waals surface area contributed by atoms with Crippen LogP contribution in [0.1, 0.15) is 13.3 Å². The number of hydrogen-bond donors (Lipinski definition) is 1. The Morgan fingerprint density at radius 3 is 2.94 bits per heavy atom. The van der Waals surface area contributed by atoms with E-state index in [0.29, 0.717) is 5.76 Å². The van der Waals surface area contributed by atoms with Gasteiger partial charge in [-0.2, -0.15) is 0 Å². The second-order valence-corrected chi connectivity index (χ2v) is 3.71. The monoisotopic (exact) mass is 232 g/mol. The lowest BCUT2D eigenvalue weighted by Crippen LogP contribution is -2.00. The first-order valence-corrected chi connectivity index (χ1v) is 5.66. The summed E-state index contributed by atoms with van der Waals surface area (Å²) in [6.45, 7) is 3.08. The van der Waals surface area contributed by atoms with Gasteiger partial charge in [-0.15, -0.1) is 0 Å². The van der Waals surface area contributed by atoms with Gasteiger partial charge in [0.05, 0.1) is 18.9 Å². The van der Waals surface area contributed by atoms with Gasteiger partial charge in [0, 0.05) is 18.3 Å². The standard InChI is InChI=1S/C13H16N2O2/c1-3-6-15-10-4-5-11(12(7-10)16-2)13-8-14-9-17-13/h4-5,7-9,15H,3,6H2,1-2H3. The van der Waals surface area contributed by atoms with Crippen LogP contribution in [0.2, 0.25) is 0 Å². The predicted molar refractivity (Wildman–Crippen MR) is 67.3 cm³/mol. The van der Waals surface area contributed by atoms with Crippen molar-refractivity contribution in [1.82, 2.24) is 4.98 Å². The van der Waals surface area contributed by atoms with Crippen LogP contribution in [0.5, 0.6) is 5.75 Å². The van der Waals surface area contributed by atoms with Crippen molar-refractivity contribution >= 4 is 5.69 Å². The maximum absolute atomic E-state index is 5.36. The van der Waals surface area contributed by atoms with Crippen molar-refractivity contribution in [1.29, 1.82) is 0 Å². The molecule has 0 amide bonds. The van der Waals surface area contributed by atoms with E-state index in [0.717, 1.165) is 30.0 Å². The van der Waals surface area contributed by atoms with E-state index in [1.807, 2.05) is 18.2 Å². The van der Waals surface area contributed by atoms with Crippen LogP contribution in [-0.4, -0.2) is 18.6 Å². The summed E-state index contributed by atoms with van der Waals surface area (Å²) in [7, 11) is 1.65. The summed E-state index contributed by atoms with van der Waals surface area (Å²) in [6.07, 6.45) is 4.18. The minimum Gasteiger partial charge on any atom is -0.496 e. The molecule has 0 fully saturated rings. The van der Waals surface area contributed by atoms with Crippen molar-refractivity contribution in [3.05, 3.63) is 30.8 Å². The fraction of sp³-hybridized carbons (Fsp3) is 0.308. The fourth-order valence-corrected chi connectivity index (χ4v) is 1.62. The molecule has 0 saturated heterocycles. The van der Waals surface area contributed by atoms with E-state index in [-0.39, 0.29) is 0 Å². The molecule has 0 aliphatic rings. The molecule has 4 nitrogen and oxygen atoms in total. The Bertz CT molecular complexity index is 466. The van der Waals surface area contributed by atoms with E-state index in [9.17, 15) is 0 Å². The van der Waals surface area contributed by atoms with Crippen LogP contribution in [0, 0.1) is 0 Å². The zero-order valence-corrected chi connectivity index (χ0v) is 10.1. The fourth-order valence-electron chi connectivity index (χ4n) is 1.62. The maximum Gasteiger partial charge on any atom is 0.181 e. The minimum absolute atomic E-state index is 0.712. The van der Waals surface area contributed by atoms with Crippen LogP contribution in [0.25, 0.3) is 11.3 Å². The number of aromatic nitrogens is 1. The van der Waals surface area contributed by atoms with Gasteiger partial charge in [0.25, 0.3) is 0 Å². The van der Waals surface area contributed by atoms with Gasteiger partial charge in [0.1, 0.15) is 5.75 Å². The topological polar surface area (TPSA) is 47.3 Å². The second kappa shape index (κ2) is 5.39. The first-order valence-electron chi connectivity index (χ1n) is 5.66. The Labute approximate surface area is 101 Å². The number of methoxy groups -OCH3 is 1. The van der Waals surface area contributed by atoms with Gasteiger partial charge >= 0.3 is 0 Å². The van der Waals surface area contributed by atoms with Crippen LogP contribution in [-0.2, 0) is 0 Å². The van der Waals surface area contributed by atoms with E-state index >= 15 is 0 Å². The summed E-state index contributed by atoms with van der Waals surface area (Å²) in [5, 5.41) is 3.32. The summed E-state index contributed by atoms with van der Waals surface area (Å²) in [5.41, 5.74) is 1.96. The molecule has 1 aromatic carbocycles. The molecular formula is C13H16N2O2. The Balaban J connectivity index is 2.29. The first-order chi connectivity index (χ1) is 8.35. The minimum atomic E-state index is 0.712. The lowest BCUT2D eigenvalue weighted by molar-refractivity contribution is 0.415. The lowest BCUT2D eigenvalue weighted by Gasteiger charge is -2.10. The van der Waals surface area contributed by atoms with E-state index in [2.05, 4.69) is 17.2 Å². The second-order valence-electron chi connectivity index (χ2n) is 3.71. The van der Waals surface area contributed by atoms with Crippen LogP contribution in [0.15, 0.2) is 35.2 Å². The zero-order chi connectivity index (χ0) is 12.1. The number of hydrogen-bond acceptors (Lipinski definition) is 4. The van der Waals surface area contributed by atoms with Gasteiger partial charge < -0.3 is 14.5 Å². The highest BCUT2D eigenvalue weighted by atomic mass is 16.5. The predicted octanol–water partition coefficient (Wildman–Crippen LogP) is 3.17. The molecule has 0 bridgehead atoms. The van der Waals surface area contributed by atoms with Crippen molar-refractivity contribution in [3.63, 3.8) is 0 Å². The van der Waals surface area contributed by atoms with Crippen LogP contribution in [0.3, 0.4) is 0 Å². The number of oxazole rings is 1. The summed E-state index contributed by atoms with van der Waals surface area (Å²) in [5.74, 6) is 1.49. The summed E-state index contributed by atoms with van der Waals surface area (Å²) >= 11 is 0. The van der Waals surface area contributed by atoms with Gasteiger partial charge in [-0.1, -0.05) is 6.92 Å². The number of ether oxygens (including phenoxy) is 1. The number of nitrogens with one attached hydrogen (secondary N) is 1. The number of nitrogens with zero attached hydrogens (tertiary/aromatic N) is 1. The molecule has 0 unspecified atom stereocenters. The summed E-state index contributed by atoms with van der Waals surface area (Å²) in [4.78, 5) is 3.91. The van der Waals surface area contributed by atoms with Gasteiger partial charge in [-0.25, -0.2) is 4.98 Å². The average Bonchev–Trinajstić information content (AvgIpc) is 2.89. The van der Waals surface area contributed by atoms with Crippen molar-refractivity contribution in [2.75, 3.05) is 19.0 Å². The maximum atomic E-state index is 5.36. The van der Waals surface area contributed by atoms with Gasteiger partial charge in [0.15, 0.2) is 12.2 Å². The Morgan fingerprint density at radius 1 is 1.41 bits per heavy atom. The molecule has 0 aliphatic heterocycles. The number of anilines is 1. The Hall–Kier alpha value is -1.97. The van der Waals surface area contributed by atoms with Crippen molar-refractivity contribution in [2.45, 2.75) is 13.3 Å². The normalized spacial score (nSPS) is 10.2. The third kappa shape index (κ3) is 2.58. The summed E-state index contributed by atoms with van der Waals surface area (Å²) < 4.78 is 10.6. The molecule has 0 aliphatic carbocycles. The molecule has 2 rings (SSSR count). The molecule has 4 heteroatoms. The molecule has 1 N–H and O–H groups in total. The van der Waals surface area contributed by atoms with Crippen molar-refractivity contribution in [2.24, 2.45) is 0 Å². The molecule has 1 aromatic heterocycles. The molecule has 2 aromatic rings. The zero-order valence-electron chi connectivity index (χ0n) is 10.1. The largest absolute Gasteiger partial charge is 0.496 e.